The standard InChI is InChI=1S/C14H21NO2/c1-9(2)13-12(14(3-4-14)8-17-13)7-16-11-5-10(15)6-11/h10-11H,1,3-8,15H2,2H3. The Bertz CT molecular complexity index is 376. The Labute approximate surface area is 103 Å². The number of allylic oxidation sites excluding steroid dienone is 1. The van der Waals surface area contributed by atoms with Gasteiger partial charge in [-0.05, 0) is 38.2 Å². The minimum Gasteiger partial charge on any atom is -0.492 e. The third-order valence-electron chi connectivity index (χ3n) is 4.24. The second-order valence-corrected chi connectivity index (χ2v) is 5.82. The molecule has 2 saturated carbocycles. The molecule has 2 fully saturated rings. The van der Waals surface area contributed by atoms with Gasteiger partial charge in [-0.1, -0.05) is 6.58 Å². The van der Waals surface area contributed by atoms with E-state index < -0.39 is 0 Å². The molecule has 0 aromatic heterocycles. The first kappa shape index (κ1) is 11.3. The lowest BCUT2D eigenvalue weighted by molar-refractivity contribution is 0.00105. The Hall–Kier alpha value is -0.800. The normalized spacial score (nSPS) is 33.5. The summed E-state index contributed by atoms with van der Waals surface area (Å²) >= 11 is 0. The first-order valence-corrected chi connectivity index (χ1v) is 6.50. The summed E-state index contributed by atoms with van der Waals surface area (Å²) < 4.78 is 11.7. The van der Waals surface area contributed by atoms with Gasteiger partial charge in [0.25, 0.3) is 0 Å². The molecule has 3 aliphatic rings. The van der Waals surface area contributed by atoms with E-state index in [2.05, 4.69) is 6.58 Å². The van der Waals surface area contributed by atoms with E-state index in [0.717, 1.165) is 30.8 Å². The summed E-state index contributed by atoms with van der Waals surface area (Å²) in [5.41, 5.74) is 8.45. The molecule has 94 valence electrons. The molecule has 0 amide bonds. The Morgan fingerprint density at radius 3 is 2.76 bits per heavy atom. The molecule has 1 spiro atoms. The molecule has 0 radical (unpaired) electrons. The highest BCUT2D eigenvalue weighted by Crippen LogP contribution is 2.57. The Balaban J connectivity index is 1.66. The van der Waals surface area contributed by atoms with Crippen LogP contribution in [0.2, 0.25) is 0 Å². The molecule has 0 atom stereocenters. The zero-order chi connectivity index (χ0) is 12.0. The quantitative estimate of drug-likeness (QED) is 0.812. The fraction of sp³-hybridized carbons (Fsp3) is 0.714. The summed E-state index contributed by atoms with van der Waals surface area (Å²) in [6.45, 7) is 7.54. The van der Waals surface area contributed by atoms with Crippen molar-refractivity contribution in [2.45, 2.75) is 44.8 Å². The summed E-state index contributed by atoms with van der Waals surface area (Å²) in [5.74, 6) is 1.01. The van der Waals surface area contributed by atoms with Gasteiger partial charge >= 0.3 is 0 Å². The molecule has 17 heavy (non-hydrogen) atoms. The molecule has 0 bridgehead atoms. The van der Waals surface area contributed by atoms with E-state index in [1.54, 1.807) is 0 Å². The van der Waals surface area contributed by atoms with Gasteiger partial charge in [0.05, 0.1) is 19.3 Å². The van der Waals surface area contributed by atoms with Gasteiger partial charge in [-0.15, -0.1) is 0 Å². The van der Waals surface area contributed by atoms with E-state index in [0.29, 0.717) is 24.2 Å². The third kappa shape index (κ3) is 1.91. The number of ether oxygens (including phenoxy) is 2. The highest BCUT2D eigenvalue weighted by molar-refractivity contribution is 5.38. The van der Waals surface area contributed by atoms with Crippen LogP contribution in [-0.2, 0) is 9.47 Å². The van der Waals surface area contributed by atoms with Gasteiger partial charge < -0.3 is 15.2 Å². The van der Waals surface area contributed by atoms with Gasteiger partial charge in [0.2, 0.25) is 0 Å². The van der Waals surface area contributed by atoms with E-state index in [1.807, 2.05) is 6.92 Å². The van der Waals surface area contributed by atoms with Crippen molar-refractivity contribution in [2.24, 2.45) is 11.1 Å². The molecule has 3 rings (SSSR count). The van der Waals surface area contributed by atoms with Crippen molar-refractivity contribution >= 4 is 0 Å². The van der Waals surface area contributed by atoms with Crippen LogP contribution in [0.4, 0.5) is 0 Å². The van der Waals surface area contributed by atoms with Crippen LogP contribution in [0.25, 0.3) is 0 Å². The molecular formula is C14H21NO2. The predicted molar refractivity (Wildman–Crippen MR) is 66.4 cm³/mol. The highest BCUT2D eigenvalue weighted by Gasteiger charge is 2.52. The van der Waals surface area contributed by atoms with Gasteiger partial charge in [-0.3, -0.25) is 0 Å². The zero-order valence-corrected chi connectivity index (χ0v) is 10.5. The van der Waals surface area contributed by atoms with Crippen molar-refractivity contribution in [3.8, 4) is 0 Å². The van der Waals surface area contributed by atoms with Crippen molar-refractivity contribution in [1.29, 1.82) is 0 Å². The first-order valence-electron chi connectivity index (χ1n) is 6.50. The lowest BCUT2D eigenvalue weighted by Gasteiger charge is -2.32. The maximum absolute atomic E-state index is 5.93. The Kier molecular flexibility index (Phi) is 2.56. The number of rotatable bonds is 4. The number of hydrogen-bond acceptors (Lipinski definition) is 3. The maximum Gasteiger partial charge on any atom is 0.123 e. The van der Waals surface area contributed by atoms with Crippen LogP contribution < -0.4 is 5.73 Å². The van der Waals surface area contributed by atoms with Crippen molar-refractivity contribution in [3.05, 3.63) is 23.5 Å². The largest absolute Gasteiger partial charge is 0.492 e. The minimum atomic E-state index is 0.306. The summed E-state index contributed by atoms with van der Waals surface area (Å²) in [6.07, 6.45) is 4.85. The first-order chi connectivity index (χ1) is 8.11. The van der Waals surface area contributed by atoms with Gasteiger partial charge in [0, 0.05) is 17.0 Å². The number of nitrogens with two attached hydrogens (primary N) is 1. The lowest BCUT2D eigenvalue weighted by atomic mass is 9.90. The summed E-state index contributed by atoms with van der Waals surface area (Å²) in [7, 11) is 0. The second-order valence-electron chi connectivity index (χ2n) is 5.82. The molecule has 0 aromatic carbocycles. The van der Waals surface area contributed by atoms with E-state index in [1.165, 1.54) is 18.4 Å². The molecule has 0 aromatic rings. The van der Waals surface area contributed by atoms with Crippen LogP contribution in [0.15, 0.2) is 23.5 Å². The van der Waals surface area contributed by atoms with Crippen LogP contribution in [0.1, 0.15) is 32.6 Å². The molecule has 3 nitrogen and oxygen atoms in total. The van der Waals surface area contributed by atoms with Crippen LogP contribution >= 0.6 is 0 Å². The van der Waals surface area contributed by atoms with E-state index in [4.69, 9.17) is 15.2 Å². The SMILES string of the molecule is C=C(C)C1=C(COC2CC(N)C2)C2(CC2)CO1. The van der Waals surface area contributed by atoms with Gasteiger partial charge in [-0.2, -0.15) is 0 Å². The minimum absolute atomic E-state index is 0.306. The molecule has 2 aliphatic carbocycles. The molecule has 0 unspecified atom stereocenters. The van der Waals surface area contributed by atoms with Gasteiger partial charge in [0.1, 0.15) is 5.76 Å². The van der Waals surface area contributed by atoms with Crippen molar-refractivity contribution in [1.82, 2.24) is 0 Å². The predicted octanol–water partition coefficient (Wildman–Crippen LogP) is 2.13. The fourth-order valence-corrected chi connectivity index (χ4v) is 2.77. The summed E-state index contributed by atoms with van der Waals surface area (Å²) in [5, 5.41) is 0. The van der Waals surface area contributed by atoms with E-state index in [9.17, 15) is 0 Å². The average molecular weight is 235 g/mol. The second kappa shape index (κ2) is 3.85. The molecule has 3 heteroatoms. The average Bonchev–Trinajstić information content (AvgIpc) is 2.89. The summed E-state index contributed by atoms with van der Waals surface area (Å²) in [6, 6.07) is 0.351. The smallest absolute Gasteiger partial charge is 0.123 e. The Morgan fingerprint density at radius 2 is 2.24 bits per heavy atom. The van der Waals surface area contributed by atoms with E-state index in [-0.39, 0.29) is 0 Å². The van der Waals surface area contributed by atoms with Crippen LogP contribution in [0.3, 0.4) is 0 Å². The van der Waals surface area contributed by atoms with Crippen molar-refractivity contribution < 1.29 is 9.47 Å². The fourth-order valence-electron chi connectivity index (χ4n) is 2.77. The van der Waals surface area contributed by atoms with Crippen molar-refractivity contribution in [3.63, 3.8) is 0 Å². The van der Waals surface area contributed by atoms with Crippen LogP contribution in [0, 0.1) is 5.41 Å². The zero-order valence-electron chi connectivity index (χ0n) is 10.5. The Morgan fingerprint density at radius 1 is 1.53 bits per heavy atom. The molecule has 1 heterocycles. The lowest BCUT2D eigenvalue weighted by Crippen LogP contribution is -2.42. The van der Waals surface area contributed by atoms with Crippen LogP contribution in [-0.4, -0.2) is 25.4 Å². The molecular weight excluding hydrogens is 214 g/mol. The maximum atomic E-state index is 5.93. The monoisotopic (exact) mass is 235 g/mol. The van der Waals surface area contributed by atoms with Gasteiger partial charge in [-0.25, -0.2) is 0 Å². The van der Waals surface area contributed by atoms with Crippen LogP contribution in [0.5, 0.6) is 0 Å². The highest BCUT2D eigenvalue weighted by atomic mass is 16.5. The summed E-state index contributed by atoms with van der Waals surface area (Å²) in [4.78, 5) is 0. The molecule has 1 aliphatic heterocycles. The number of hydrogen-bond donors (Lipinski definition) is 1. The van der Waals surface area contributed by atoms with Crippen molar-refractivity contribution in [2.75, 3.05) is 13.2 Å². The topological polar surface area (TPSA) is 44.5 Å². The van der Waals surface area contributed by atoms with Gasteiger partial charge in [0.15, 0.2) is 0 Å². The third-order valence-corrected chi connectivity index (χ3v) is 4.24. The molecule has 2 N–H and O–H groups in total. The van der Waals surface area contributed by atoms with E-state index >= 15 is 0 Å². The molecule has 0 saturated heterocycles.